The van der Waals surface area contributed by atoms with Crippen molar-refractivity contribution in [2.75, 3.05) is 11.9 Å². The summed E-state index contributed by atoms with van der Waals surface area (Å²) in [5.41, 5.74) is 8.37. The van der Waals surface area contributed by atoms with Crippen molar-refractivity contribution < 1.29 is 22.8 Å². The van der Waals surface area contributed by atoms with Crippen molar-refractivity contribution in [2.24, 2.45) is 5.73 Å². The molecule has 0 saturated carbocycles. The number of nitrogens with zero attached hydrogens (tertiary/aromatic N) is 2. The number of hydrogen-bond acceptors (Lipinski definition) is 7. The van der Waals surface area contributed by atoms with Gasteiger partial charge in [-0.15, -0.1) is 0 Å². The smallest absolute Gasteiger partial charge is 0.243 e. The van der Waals surface area contributed by atoms with Crippen LogP contribution in [0, 0.1) is 0 Å². The summed E-state index contributed by atoms with van der Waals surface area (Å²) in [6.45, 7) is 0.666. The van der Waals surface area contributed by atoms with Gasteiger partial charge in [0.25, 0.3) is 0 Å². The molecule has 3 aromatic rings. The average Bonchev–Trinajstić information content (AvgIpc) is 3.46. The molecule has 0 radical (unpaired) electrons. The molecule has 1 aliphatic heterocycles. The fourth-order valence-electron chi connectivity index (χ4n) is 4.83. The van der Waals surface area contributed by atoms with Crippen molar-refractivity contribution in [3.63, 3.8) is 0 Å². The topological polar surface area (TPSA) is 164 Å². The third-order valence-electron chi connectivity index (χ3n) is 6.85. The Morgan fingerprint density at radius 2 is 1.79 bits per heavy atom. The molecule has 1 fully saturated rings. The minimum atomic E-state index is -4.04. The second kappa shape index (κ2) is 14.4. The van der Waals surface area contributed by atoms with Crippen molar-refractivity contribution in [3.8, 4) is 0 Å². The van der Waals surface area contributed by atoms with Gasteiger partial charge >= 0.3 is 0 Å². The molecule has 3 amide bonds. The molecule has 11 nitrogen and oxygen atoms in total. The van der Waals surface area contributed by atoms with Crippen molar-refractivity contribution in [1.29, 1.82) is 0 Å². The molecule has 1 saturated heterocycles. The molecule has 1 aliphatic rings. The van der Waals surface area contributed by atoms with Crippen molar-refractivity contribution in [3.05, 3.63) is 94.8 Å². The first kappa shape index (κ1) is 31.1. The van der Waals surface area contributed by atoms with Crippen LogP contribution in [-0.4, -0.2) is 54.7 Å². The lowest BCUT2D eigenvalue weighted by Crippen LogP contribution is -2.54. The van der Waals surface area contributed by atoms with Gasteiger partial charge in [0.15, 0.2) is 0 Å². The summed E-state index contributed by atoms with van der Waals surface area (Å²) in [6.07, 6.45) is 3.45. The van der Waals surface area contributed by atoms with Crippen LogP contribution in [0.5, 0.6) is 0 Å². The van der Waals surface area contributed by atoms with Crippen LogP contribution < -0.4 is 21.1 Å². The summed E-state index contributed by atoms with van der Waals surface area (Å²) in [7, 11) is -4.04. The minimum absolute atomic E-state index is 0.159. The van der Waals surface area contributed by atoms with Gasteiger partial charge in [-0.3, -0.25) is 19.4 Å². The van der Waals surface area contributed by atoms with E-state index >= 15 is 0 Å². The van der Waals surface area contributed by atoms with E-state index in [1.807, 2.05) is 0 Å². The summed E-state index contributed by atoms with van der Waals surface area (Å²) < 4.78 is 28.6. The number of sulfonamides is 1. The van der Waals surface area contributed by atoms with Crippen LogP contribution in [0.4, 0.5) is 5.69 Å². The largest absolute Gasteiger partial charge is 0.350 e. The highest BCUT2D eigenvalue weighted by molar-refractivity contribution is 7.88. The molecule has 0 bridgehead atoms. The summed E-state index contributed by atoms with van der Waals surface area (Å²) in [6, 6.07) is 14.6. The van der Waals surface area contributed by atoms with Gasteiger partial charge in [-0.1, -0.05) is 48.0 Å². The lowest BCUT2D eigenvalue weighted by atomic mass is 10.1. The maximum absolute atomic E-state index is 13.8. The zero-order valence-corrected chi connectivity index (χ0v) is 24.4. The quantitative estimate of drug-likeness (QED) is 0.244. The number of likely N-dealkylation sites (tertiary alicyclic amines) is 1. The molecule has 0 aliphatic carbocycles. The van der Waals surface area contributed by atoms with E-state index in [1.165, 1.54) is 17.3 Å². The van der Waals surface area contributed by atoms with E-state index in [0.717, 1.165) is 11.1 Å². The Bertz CT molecular complexity index is 1510. The Kier molecular flexibility index (Phi) is 10.6. The number of amides is 3. The van der Waals surface area contributed by atoms with E-state index in [2.05, 4.69) is 20.3 Å². The Labute approximate surface area is 249 Å². The first-order valence-corrected chi connectivity index (χ1v) is 15.5. The fourth-order valence-corrected chi connectivity index (χ4v) is 6.35. The van der Waals surface area contributed by atoms with Crippen LogP contribution in [0.2, 0.25) is 5.02 Å². The van der Waals surface area contributed by atoms with E-state index in [0.29, 0.717) is 29.1 Å². The first-order valence-electron chi connectivity index (χ1n) is 13.4. The molecule has 2 heterocycles. The van der Waals surface area contributed by atoms with Gasteiger partial charge in [0, 0.05) is 42.7 Å². The number of benzene rings is 2. The molecule has 13 heteroatoms. The van der Waals surface area contributed by atoms with E-state index in [9.17, 15) is 22.8 Å². The highest BCUT2D eigenvalue weighted by Gasteiger charge is 2.39. The van der Waals surface area contributed by atoms with Gasteiger partial charge in [0.1, 0.15) is 12.1 Å². The second-order valence-corrected chi connectivity index (χ2v) is 12.1. The van der Waals surface area contributed by atoms with Crippen LogP contribution in [0.1, 0.15) is 36.0 Å². The number of pyridine rings is 1. The van der Waals surface area contributed by atoms with E-state index in [1.54, 1.807) is 60.7 Å². The van der Waals surface area contributed by atoms with Crippen molar-refractivity contribution >= 4 is 45.0 Å². The normalized spacial score (nSPS) is 15.7. The zero-order chi connectivity index (χ0) is 30.1. The molecule has 2 aromatic carbocycles. The molecular formula is C29H33ClN6O5S. The second-order valence-electron chi connectivity index (χ2n) is 9.93. The monoisotopic (exact) mass is 612 g/mol. The maximum atomic E-state index is 13.8. The number of nitrogens with two attached hydrogens (primary N) is 1. The minimum Gasteiger partial charge on any atom is -0.350 e. The molecule has 0 spiro atoms. The summed E-state index contributed by atoms with van der Waals surface area (Å²) in [5.74, 6) is -2.00. The van der Waals surface area contributed by atoms with E-state index in [-0.39, 0.29) is 25.4 Å². The maximum Gasteiger partial charge on any atom is 0.243 e. The number of carbonyl (C=O) groups is 3. The Morgan fingerprint density at radius 3 is 2.50 bits per heavy atom. The molecule has 0 unspecified atom stereocenters. The number of anilines is 1. The molecule has 222 valence electrons. The van der Waals surface area contributed by atoms with Crippen LogP contribution in [0.25, 0.3) is 0 Å². The summed E-state index contributed by atoms with van der Waals surface area (Å²) in [4.78, 5) is 45.2. The molecule has 4 rings (SSSR count). The number of halogens is 1. The van der Waals surface area contributed by atoms with Crippen molar-refractivity contribution in [2.45, 2.75) is 50.2 Å². The lowest BCUT2D eigenvalue weighted by Gasteiger charge is -2.28. The molecule has 5 N–H and O–H groups in total. The molecular weight excluding hydrogens is 580 g/mol. The lowest BCUT2D eigenvalue weighted by molar-refractivity contribution is -0.140. The Hall–Kier alpha value is -3.84. The average molecular weight is 613 g/mol. The third-order valence-corrected chi connectivity index (χ3v) is 8.44. The number of rotatable bonds is 12. The van der Waals surface area contributed by atoms with Gasteiger partial charge in [0.05, 0.1) is 12.2 Å². The summed E-state index contributed by atoms with van der Waals surface area (Å²) in [5, 5.41) is 6.01. The molecule has 42 heavy (non-hydrogen) atoms. The summed E-state index contributed by atoms with van der Waals surface area (Å²) >= 11 is 6.11. The SMILES string of the molecule is NCc1ccc(Cl)cc1CNC(=O)[C@@H]1CCCN1C(=O)[C@@H](CC(=O)Nc1ccncc1)NS(=O)(=O)Cc1ccccc1. The number of aromatic nitrogens is 1. The van der Waals surface area contributed by atoms with Crippen molar-refractivity contribution in [1.82, 2.24) is 19.9 Å². The number of carbonyl (C=O) groups excluding carboxylic acids is 3. The van der Waals surface area contributed by atoms with Gasteiger partial charge < -0.3 is 21.3 Å². The van der Waals surface area contributed by atoms with Crippen LogP contribution in [0.3, 0.4) is 0 Å². The van der Waals surface area contributed by atoms with Crippen LogP contribution in [0.15, 0.2) is 73.1 Å². The van der Waals surface area contributed by atoms with Gasteiger partial charge in [0.2, 0.25) is 27.7 Å². The number of nitrogens with one attached hydrogen (secondary N) is 3. The third kappa shape index (κ3) is 8.58. The first-order chi connectivity index (χ1) is 20.1. The van der Waals surface area contributed by atoms with Gasteiger partial charge in [-0.2, -0.15) is 0 Å². The van der Waals surface area contributed by atoms with E-state index in [4.69, 9.17) is 17.3 Å². The highest BCUT2D eigenvalue weighted by Crippen LogP contribution is 2.21. The van der Waals surface area contributed by atoms with Gasteiger partial charge in [-0.05, 0) is 53.8 Å². The van der Waals surface area contributed by atoms with Crippen LogP contribution >= 0.6 is 11.6 Å². The predicted octanol–water partition coefficient (Wildman–Crippen LogP) is 2.32. The van der Waals surface area contributed by atoms with Crippen LogP contribution in [-0.2, 0) is 43.2 Å². The Balaban J connectivity index is 1.50. The highest BCUT2D eigenvalue weighted by atomic mass is 35.5. The van der Waals surface area contributed by atoms with E-state index < -0.39 is 46.2 Å². The molecule has 2 atom stereocenters. The van der Waals surface area contributed by atoms with Gasteiger partial charge in [-0.25, -0.2) is 13.1 Å². The molecule has 1 aromatic heterocycles. The predicted molar refractivity (Wildman–Crippen MR) is 159 cm³/mol. The number of hydrogen-bond donors (Lipinski definition) is 4. The Morgan fingerprint density at radius 1 is 1.05 bits per heavy atom. The standard InChI is InChI=1S/C29H33ClN6O5S/c30-23-9-8-21(17-31)22(15-23)18-33-28(38)26-7-4-14-36(26)29(39)25(16-27(37)34-24-10-12-32-13-11-24)35-42(40,41)19-20-5-2-1-3-6-20/h1-3,5-6,8-13,15,25-26,35H,4,7,14,16-19,31H2,(H,33,38)(H,32,34,37)/t25-,26+/m1/s1. The fraction of sp³-hybridized carbons (Fsp3) is 0.310. The zero-order valence-electron chi connectivity index (χ0n) is 22.8.